The average molecular weight is 289 g/mol. The van der Waals surface area contributed by atoms with Gasteiger partial charge in [0, 0.05) is 13.0 Å². The molecule has 0 bridgehead atoms. The molecule has 6 heteroatoms. The van der Waals surface area contributed by atoms with Gasteiger partial charge in [-0.15, -0.1) is 10.2 Å². The fourth-order valence-electron chi connectivity index (χ4n) is 2.55. The molecule has 1 aromatic heterocycles. The molecule has 2 heterocycles. The maximum absolute atomic E-state index is 9.21. The van der Waals surface area contributed by atoms with Gasteiger partial charge in [0.2, 0.25) is 0 Å². The van der Waals surface area contributed by atoms with E-state index in [1.165, 1.54) is 6.42 Å². The molecule has 0 fully saturated rings. The summed E-state index contributed by atoms with van der Waals surface area (Å²) >= 11 is 0. The standard InChI is InChI=1S/C15H19N3O3/c1-20-12-6-5-11(9-19)8-13(12)21-10-15-17-16-14-4-2-3-7-18(14)15/h5-6,8,19H,2-4,7,9-10H2,1H3. The van der Waals surface area contributed by atoms with Crippen LogP contribution in [0, 0.1) is 0 Å². The fourth-order valence-corrected chi connectivity index (χ4v) is 2.55. The quantitative estimate of drug-likeness (QED) is 0.907. The van der Waals surface area contributed by atoms with Crippen LogP contribution in [0.1, 0.15) is 30.1 Å². The number of ether oxygens (including phenoxy) is 2. The molecule has 21 heavy (non-hydrogen) atoms. The van der Waals surface area contributed by atoms with E-state index in [1.807, 2.05) is 6.07 Å². The largest absolute Gasteiger partial charge is 0.493 e. The van der Waals surface area contributed by atoms with Crippen molar-refractivity contribution in [2.24, 2.45) is 0 Å². The Hall–Kier alpha value is -2.08. The second-order valence-electron chi connectivity index (χ2n) is 5.07. The van der Waals surface area contributed by atoms with Crippen molar-refractivity contribution >= 4 is 0 Å². The zero-order chi connectivity index (χ0) is 14.7. The highest BCUT2D eigenvalue weighted by atomic mass is 16.5. The lowest BCUT2D eigenvalue weighted by Crippen LogP contribution is -2.14. The van der Waals surface area contributed by atoms with Crippen LogP contribution in [0.25, 0.3) is 0 Å². The van der Waals surface area contributed by atoms with E-state index in [0.717, 1.165) is 36.6 Å². The number of hydrogen-bond acceptors (Lipinski definition) is 5. The minimum atomic E-state index is -0.0271. The van der Waals surface area contributed by atoms with Crippen molar-refractivity contribution in [2.75, 3.05) is 7.11 Å². The highest BCUT2D eigenvalue weighted by molar-refractivity contribution is 5.42. The third-order valence-electron chi connectivity index (χ3n) is 3.70. The van der Waals surface area contributed by atoms with Crippen LogP contribution < -0.4 is 9.47 Å². The Morgan fingerprint density at radius 1 is 1.24 bits per heavy atom. The van der Waals surface area contributed by atoms with Crippen LogP contribution >= 0.6 is 0 Å². The topological polar surface area (TPSA) is 69.4 Å². The summed E-state index contributed by atoms with van der Waals surface area (Å²) < 4.78 is 13.2. The van der Waals surface area contributed by atoms with Crippen LogP contribution in [0.2, 0.25) is 0 Å². The Labute approximate surface area is 123 Å². The lowest BCUT2D eigenvalue weighted by Gasteiger charge is -2.16. The van der Waals surface area contributed by atoms with Crippen LogP contribution in [0.5, 0.6) is 11.5 Å². The summed E-state index contributed by atoms with van der Waals surface area (Å²) in [5, 5.41) is 17.6. The van der Waals surface area contributed by atoms with E-state index in [1.54, 1.807) is 19.2 Å². The van der Waals surface area contributed by atoms with E-state index < -0.39 is 0 Å². The van der Waals surface area contributed by atoms with Gasteiger partial charge in [-0.2, -0.15) is 0 Å². The minimum Gasteiger partial charge on any atom is -0.493 e. The van der Waals surface area contributed by atoms with Gasteiger partial charge >= 0.3 is 0 Å². The highest BCUT2D eigenvalue weighted by Crippen LogP contribution is 2.29. The van der Waals surface area contributed by atoms with Crippen molar-refractivity contribution in [1.29, 1.82) is 0 Å². The number of hydrogen-bond donors (Lipinski definition) is 1. The molecule has 0 atom stereocenters. The number of aromatic nitrogens is 3. The van der Waals surface area contributed by atoms with Crippen LogP contribution in [-0.2, 0) is 26.2 Å². The molecule has 2 aromatic rings. The Morgan fingerprint density at radius 3 is 2.95 bits per heavy atom. The van der Waals surface area contributed by atoms with E-state index >= 15 is 0 Å². The third kappa shape index (κ3) is 2.85. The molecule has 0 aliphatic carbocycles. The molecule has 0 radical (unpaired) electrons. The van der Waals surface area contributed by atoms with E-state index in [0.29, 0.717) is 18.1 Å². The lowest BCUT2D eigenvalue weighted by atomic mass is 10.2. The molecule has 0 saturated carbocycles. The van der Waals surface area contributed by atoms with Crippen molar-refractivity contribution in [1.82, 2.24) is 14.8 Å². The van der Waals surface area contributed by atoms with Gasteiger partial charge in [0.05, 0.1) is 13.7 Å². The summed E-state index contributed by atoms with van der Waals surface area (Å²) in [4.78, 5) is 0. The summed E-state index contributed by atoms with van der Waals surface area (Å²) in [6.45, 7) is 1.27. The molecule has 1 aliphatic heterocycles. The lowest BCUT2D eigenvalue weighted by molar-refractivity contribution is 0.263. The minimum absolute atomic E-state index is 0.0271. The van der Waals surface area contributed by atoms with E-state index in [2.05, 4.69) is 14.8 Å². The molecule has 0 amide bonds. The second kappa shape index (κ2) is 6.13. The zero-order valence-electron chi connectivity index (χ0n) is 12.1. The van der Waals surface area contributed by atoms with Crippen molar-refractivity contribution < 1.29 is 14.6 Å². The normalized spacial score (nSPS) is 13.8. The molecular weight excluding hydrogens is 270 g/mol. The number of rotatable bonds is 5. The molecule has 1 aromatic carbocycles. The van der Waals surface area contributed by atoms with Crippen LogP contribution in [0.15, 0.2) is 18.2 Å². The van der Waals surface area contributed by atoms with E-state index in [-0.39, 0.29) is 6.61 Å². The maximum atomic E-state index is 9.21. The molecule has 1 aliphatic rings. The maximum Gasteiger partial charge on any atom is 0.171 e. The molecule has 3 rings (SSSR count). The van der Waals surface area contributed by atoms with Gasteiger partial charge in [-0.05, 0) is 30.5 Å². The fraction of sp³-hybridized carbons (Fsp3) is 0.467. The van der Waals surface area contributed by atoms with Crippen LogP contribution in [0.3, 0.4) is 0 Å². The summed E-state index contributed by atoms with van der Waals surface area (Å²) in [6.07, 6.45) is 3.31. The van der Waals surface area contributed by atoms with Gasteiger partial charge in [0.15, 0.2) is 17.3 Å². The average Bonchev–Trinajstić information content (AvgIpc) is 2.96. The number of aliphatic hydroxyl groups excluding tert-OH is 1. The Kier molecular flexibility index (Phi) is 4.06. The van der Waals surface area contributed by atoms with Gasteiger partial charge in [0.25, 0.3) is 0 Å². The first-order chi connectivity index (χ1) is 10.3. The van der Waals surface area contributed by atoms with Crippen molar-refractivity contribution in [3.8, 4) is 11.5 Å². The predicted octanol–water partition coefficient (Wildman–Crippen LogP) is 1.69. The Morgan fingerprint density at radius 2 is 2.14 bits per heavy atom. The van der Waals surface area contributed by atoms with Gasteiger partial charge in [-0.25, -0.2) is 0 Å². The van der Waals surface area contributed by atoms with Crippen LogP contribution in [-0.4, -0.2) is 27.0 Å². The Balaban J connectivity index is 1.77. The van der Waals surface area contributed by atoms with E-state index in [9.17, 15) is 5.11 Å². The van der Waals surface area contributed by atoms with Gasteiger partial charge < -0.3 is 19.1 Å². The number of benzene rings is 1. The molecule has 0 saturated heterocycles. The molecular formula is C15H19N3O3. The van der Waals surface area contributed by atoms with Gasteiger partial charge in [-0.1, -0.05) is 6.07 Å². The van der Waals surface area contributed by atoms with Gasteiger partial charge in [0.1, 0.15) is 12.4 Å². The van der Waals surface area contributed by atoms with Crippen molar-refractivity contribution in [3.05, 3.63) is 35.4 Å². The first kappa shape index (κ1) is 13.9. The van der Waals surface area contributed by atoms with Gasteiger partial charge in [-0.3, -0.25) is 0 Å². The summed E-state index contributed by atoms with van der Waals surface area (Å²) in [7, 11) is 1.60. The molecule has 0 unspecified atom stereocenters. The highest BCUT2D eigenvalue weighted by Gasteiger charge is 2.16. The van der Waals surface area contributed by atoms with Crippen LogP contribution in [0.4, 0.5) is 0 Å². The molecule has 6 nitrogen and oxygen atoms in total. The summed E-state index contributed by atoms with van der Waals surface area (Å²) in [5.74, 6) is 3.12. The summed E-state index contributed by atoms with van der Waals surface area (Å²) in [6, 6.07) is 5.39. The number of nitrogens with zero attached hydrogens (tertiary/aromatic N) is 3. The smallest absolute Gasteiger partial charge is 0.171 e. The molecule has 0 spiro atoms. The SMILES string of the molecule is COc1ccc(CO)cc1OCc1nnc2n1CCCC2. The first-order valence-corrected chi connectivity index (χ1v) is 7.13. The van der Waals surface area contributed by atoms with E-state index in [4.69, 9.17) is 9.47 Å². The zero-order valence-corrected chi connectivity index (χ0v) is 12.1. The van der Waals surface area contributed by atoms with Crippen molar-refractivity contribution in [2.45, 2.75) is 39.0 Å². The third-order valence-corrected chi connectivity index (χ3v) is 3.70. The predicted molar refractivity (Wildman–Crippen MR) is 76.2 cm³/mol. The number of aliphatic hydroxyl groups is 1. The second-order valence-corrected chi connectivity index (χ2v) is 5.07. The first-order valence-electron chi connectivity index (χ1n) is 7.13. The number of methoxy groups -OCH3 is 1. The monoisotopic (exact) mass is 289 g/mol. The molecule has 1 N–H and O–H groups in total. The van der Waals surface area contributed by atoms with Crippen molar-refractivity contribution in [3.63, 3.8) is 0 Å². The number of fused-ring (bicyclic) bond motifs is 1. The Bertz CT molecular complexity index is 625. The summed E-state index contributed by atoms with van der Waals surface area (Å²) in [5.41, 5.74) is 0.786. The molecule has 112 valence electrons. The number of aryl methyl sites for hydroxylation is 1.